The summed E-state index contributed by atoms with van der Waals surface area (Å²) in [6.45, 7) is 3.08. The second kappa shape index (κ2) is 5.98. The molecule has 1 aromatic rings. The third-order valence-corrected chi connectivity index (χ3v) is 3.79. The Kier molecular flexibility index (Phi) is 4.84. The van der Waals surface area contributed by atoms with E-state index in [-0.39, 0.29) is 17.2 Å². The summed E-state index contributed by atoms with van der Waals surface area (Å²) in [6.07, 6.45) is 0. The molecule has 106 valence electrons. The standard InChI is InChI=1S/C11H15FN2O4S/c1-3-18-11(15)7(2)14-19(16,17)8-4-5-10(13)9(12)6-8/h4-7,14H,3,13H2,1-2H3. The first kappa shape index (κ1) is 15.4. The minimum atomic E-state index is -4.01. The number of sulfonamides is 1. The zero-order chi connectivity index (χ0) is 14.6. The molecule has 0 fully saturated rings. The smallest absolute Gasteiger partial charge is 0.323 e. The van der Waals surface area contributed by atoms with Gasteiger partial charge in [0.1, 0.15) is 11.9 Å². The molecule has 8 heteroatoms. The molecule has 1 atom stereocenters. The highest BCUT2D eigenvalue weighted by Crippen LogP contribution is 2.16. The van der Waals surface area contributed by atoms with Crippen molar-refractivity contribution in [1.29, 1.82) is 0 Å². The van der Waals surface area contributed by atoms with Crippen LogP contribution in [-0.4, -0.2) is 27.0 Å². The Morgan fingerprint density at radius 1 is 1.53 bits per heavy atom. The number of anilines is 1. The Balaban J connectivity index is 2.92. The van der Waals surface area contributed by atoms with Crippen molar-refractivity contribution in [2.24, 2.45) is 0 Å². The number of hydrogen-bond acceptors (Lipinski definition) is 5. The van der Waals surface area contributed by atoms with Crippen molar-refractivity contribution in [3.63, 3.8) is 0 Å². The SMILES string of the molecule is CCOC(=O)C(C)NS(=O)(=O)c1ccc(N)c(F)c1. The highest BCUT2D eigenvalue weighted by Gasteiger charge is 2.23. The number of carbonyl (C=O) groups is 1. The first-order chi connectivity index (χ1) is 8.77. The lowest BCUT2D eigenvalue weighted by molar-refractivity contribution is -0.144. The maximum absolute atomic E-state index is 13.2. The number of ether oxygens (including phenoxy) is 1. The van der Waals surface area contributed by atoms with E-state index in [1.54, 1.807) is 6.92 Å². The largest absolute Gasteiger partial charge is 0.465 e. The molecule has 0 bridgehead atoms. The van der Waals surface area contributed by atoms with E-state index in [2.05, 4.69) is 9.46 Å². The summed E-state index contributed by atoms with van der Waals surface area (Å²) in [5, 5.41) is 0. The van der Waals surface area contributed by atoms with Crippen LogP contribution in [0.1, 0.15) is 13.8 Å². The lowest BCUT2D eigenvalue weighted by atomic mass is 10.3. The number of hydrogen-bond donors (Lipinski definition) is 2. The van der Waals surface area contributed by atoms with Gasteiger partial charge in [0.05, 0.1) is 17.2 Å². The van der Waals surface area contributed by atoms with Gasteiger partial charge in [0.15, 0.2) is 0 Å². The van der Waals surface area contributed by atoms with E-state index < -0.39 is 27.9 Å². The molecule has 19 heavy (non-hydrogen) atoms. The van der Waals surface area contributed by atoms with E-state index in [1.165, 1.54) is 6.92 Å². The van der Waals surface area contributed by atoms with Gasteiger partial charge in [-0.2, -0.15) is 4.72 Å². The van der Waals surface area contributed by atoms with Crippen LogP contribution in [0.2, 0.25) is 0 Å². The second-order valence-electron chi connectivity index (χ2n) is 3.78. The molecule has 0 heterocycles. The normalized spacial score (nSPS) is 13.0. The maximum atomic E-state index is 13.2. The number of carbonyl (C=O) groups excluding carboxylic acids is 1. The van der Waals surface area contributed by atoms with Crippen molar-refractivity contribution in [2.45, 2.75) is 24.8 Å². The highest BCUT2D eigenvalue weighted by atomic mass is 32.2. The van der Waals surface area contributed by atoms with Crippen molar-refractivity contribution >= 4 is 21.7 Å². The van der Waals surface area contributed by atoms with Crippen molar-refractivity contribution < 1.29 is 22.3 Å². The third kappa shape index (κ3) is 3.90. The van der Waals surface area contributed by atoms with Crippen LogP contribution in [0.25, 0.3) is 0 Å². The molecule has 0 aliphatic heterocycles. The molecule has 0 aliphatic carbocycles. The number of esters is 1. The second-order valence-corrected chi connectivity index (χ2v) is 5.49. The van der Waals surface area contributed by atoms with Gasteiger partial charge in [0.2, 0.25) is 10.0 Å². The minimum absolute atomic E-state index is 0.140. The Labute approximate surface area is 110 Å². The van der Waals surface area contributed by atoms with Crippen LogP contribution < -0.4 is 10.5 Å². The van der Waals surface area contributed by atoms with E-state index in [4.69, 9.17) is 5.73 Å². The summed E-state index contributed by atoms with van der Waals surface area (Å²) in [7, 11) is -4.01. The molecule has 1 rings (SSSR count). The summed E-state index contributed by atoms with van der Waals surface area (Å²) in [6, 6.07) is 2.01. The summed E-state index contributed by atoms with van der Waals surface area (Å²) in [5.74, 6) is -1.55. The molecule has 6 nitrogen and oxygen atoms in total. The van der Waals surface area contributed by atoms with Crippen LogP contribution >= 0.6 is 0 Å². The summed E-state index contributed by atoms with van der Waals surface area (Å²) in [4.78, 5) is 11.0. The quantitative estimate of drug-likeness (QED) is 0.612. The number of nitrogens with two attached hydrogens (primary N) is 1. The van der Waals surface area contributed by atoms with Crippen molar-refractivity contribution in [3.05, 3.63) is 24.0 Å². The van der Waals surface area contributed by atoms with Gasteiger partial charge in [0.25, 0.3) is 0 Å². The lowest BCUT2D eigenvalue weighted by Gasteiger charge is -2.13. The predicted octanol–water partition coefficient (Wildman–Crippen LogP) is 0.638. The van der Waals surface area contributed by atoms with E-state index in [0.717, 1.165) is 18.2 Å². The number of benzene rings is 1. The molecule has 3 N–H and O–H groups in total. The average molecular weight is 290 g/mol. The summed E-state index contributed by atoms with van der Waals surface area (Å²) < 4.78 is 43.8. The van der Waals surface area contributed by atoms with Crippen LogP contribution in [0.15, 0.2) is 23.1 Å². The van der Waals surface area contributed by atoms with Crippen LogP contribution in [0.3, 0.4) is 0 Å². The molecule has 0 saturated carbocycles. The van der Waals surface area contributed by atoms with E-state index in [9.17, 15) is 17.6 Å². The molecule has 0 aliphatic rings. The number of rotatable bonds is 5. The molecule has 0 saturated heterocycles. The van der Waals surface area contributed by atoms with E-state index in [0.29, 0.717) is 0 Å². The zero-order valence-corrected chi connectivity index (χ0v) is 11.3. The molecular weight excluding hydrogens is 275 g/mol. The number of nitrogen functional groups attached to an aromatic ring is 1. The zero-order valence-electron chi connectivity index (χ0n) is 10.5. The Morgan fingerprint density at radius 2 is 2.16 bits per heavy atom. The first-order valence-corrected chi connectivity index (χ1v) is 7.00. The molecule has 0 spiro atoms. The lowest BCUT2D eigenvalue weighted by Crippen LogP contribution is -2.39. The van der Waals surface area contributed by atoms with Crippen LogP contribution in [0.4, 0.5) is 10.1 Å². The topological polar surface area (TPSA) is 98.5 Å². The third-order valence-electron chi connectivity index (χ3n) is 2.25. The van der Waals surface area contributed by atoms with Crippen LogP contribution in [-0.2, 0) is 19.6 Å². The molecule has 0 amide bonds. The Morgan fingerprint density at radius 3 is 2.68 bits per heavy atom. The van der Waals surface area contributed by atoms with Crippen molar-refractivity contribution in [1.82, 2.24) is 4.72 Å². The molecular formula is C11H15FN2O4S. The van der Waals surface area contributed by atoms with E-state index >= 15 is 0 Å². The van der Waals surface area contributed by atoms with Gasteiger partial charge < -0.3 is 10.5 Å². The van der Waals surface area contributed by atoms with Crippen LogP contribution in [0.5, 0.6) is 0 Å². The van der Waals surface area contributed by atoms with Crippen LogP contribution in [0, 0.1) is 5.82 Å². The predicted molar refractivity (Wildman–Crippen MR) is 67.2 cm³/mol. The van der Waals surface area contributed by atoms with Gasteiger partial charge in [-0.1, -0.05) is 0 Å². The van der Waals surface area contributed by atoms with E-state index in [1.807, 2.05) is 0 Å². The van der Waals surface area contributed by atoms with Gasteiger partial charge in [-0.25, -0.2) is 12.8 Å². The van der Waals surface area contributed by atoms with Gasteiger partial charge in [-0.15, -0.1) is 0 Å². The van der Waals surface area contributed by atoms with Gasteiger partial charge in [0, 0.05) is 0 Å². The van der Waals surface area contributed by atoms with Gasteiger partial charge in [-0.05, 0) is 32.0 Å². The fraction of sp³-hybridized carbons (Fsp3) is 0.364. The maximum Gasteiger partial charge on any atom is 0.323 e. The number of nitrogens with one attached hydrogen (secondary N) is 1. The first-order valence-electron chi connectivity index (χ1n) is 5.52. The van der Waals surface area contributed by atoms with Gasteiger partial charge in [-0.3, -0.25) is 4.79 Å². The summed E-state index contributed by atoms with van der Waals surface area (Å²) >= 11 is 0. The van der Waals surface area contributed by atoms with Crippen molar-refractivity contribution in [2.75, 3.05) is 12.3 Å². The fourth-order valence-corrected chi connectivity index (χ4v) is 2.49. The molecule has 0 aromatic heterocycles. The van der Waals surface area contributed by atoms with Crippen molar-refractivity contribution in [3.8, 4) is 0 Å². The minimum Gasteiger partial charge on any atom is -0.465 e. The van der Waals surface area contributed by atoms with Gasteiger partial charge >= 0.3 is 5.97 Å². The average Bonchev–Trinajstić information content (AvgIpc) is 2.32. The highest BCUT2D eigenvalue weighted by molar-refractivity contribution is 7.89. The molecule has 1 unspecified atom stereocenters. The summed E-state index contributed by atoms with van der Waals surface area (Å²) in [5.41, 5.74) is 5.10. The Hall–Kier alpha value is -1.67. The Bertz CT molecular complexity index is 574. The molecule has 0 radical (unpaired) electrons. The number of halogens is 1. The monoisotopic (exact) mass is 290 g/mol. The fourth-order valence-electron chi connectivity index (χ4n) is 1.29. The molecule has 1 aromatic carbocycles.